The lowest BCUT2D eigenvalue weighted by Crippen LogP contribution is -2.05. The van der Waals surface area contributed by atoms with Crippen LogP contribution in [0.3, 0.4) is 0 Å². The van der Waals surface area contributed by atoms with E-state index < -0.39 is 0 Å². The van der Waals surface area contributed by atoms with Crippen molar-refractivity contribution in [1.29, 1.82) is 0 Å². The molecular formula is C10H14N2S. The summed E-state index contributed by atoms with van der Waals surface area (Å²) in [6.07, 6.45) is 1.92. The van der Waals surface area contributed by atoms with Gasteiger partial charge in [0.1, 0.15) is 0 Å². The van der Waals surface area contributed by atoms with Gasteiger partial charge in [-0.25, -0.2) is 0 Å². The summed E-state index contributed by atoms with van der Waals surface area (Å²) in [5, 5.41) is 0.639. The fraction of sp³-hybridized carbons (Fsp3) is 0.300. The van der Waals surface area contributed by atoms with Crippen LogP contribution in [0.15, 0.2) is 29.3 Å². The maximum Gasteiger partial charge on any atom is 0.153 e. The summed E-state index contributed by atoms with van der Waals surface area (Å²) < 4.78 is 0. The molecule has 1 rings (SSSR count). The van der Waals surface area contributed by atoms with E-state index >= 15 is 0 Å². The van der Waals surface area contributed by atoms with Gasteiger partial charge < -0.3 is 5.73 Å². The average molecular weight is 194 g/mol. The number of thioether (sulfide) groups is 1. The Bertz CT molecular complexity index is 290. The Kier molecular flexibility index (Phi) is 3.83. The summed E-state index contributed by atoms with van der Waals surface area (Å²) >= 11 is 1.47. The second-order valence-electron chi connectivity index (χ2n) is 2.84. The molecule has 3 heteroatoms. The highest BCUT2D eigenvalue weighted by Crippen LogP contribution is 2.05. The highest BCUT2D eigenvalue weighted by atomic mass is 32.2. The van der Waals surface area contributed by atoms with Crippen LogP contribution in [0.5, 0.6) is 0 Å². The Morgan fingerprint density at radius 1 is 1.38 bits per heavy atom. The van der Waals surface area contributed by atoms with Gasteiger partial charge in [0.05, 0.1) is 6.54 Å². The number of benzene rings is 1. The highest BCUT2D eigenvalue weighted by molar-refractivity contribution is 8.13. The van der Waals surface area contributed by atoms with E-state index in [1.165, 1.54) is 22.9 Å². The van der Waals surface area contributed by atoms with Crippen molar-refractivity contribution >= 4 is 16.9 Å². The van der Waals surface area contributed by atoms with Gasteiger partial charge in [0.2, 0.25) is 0 Å². The van der Waals surface area contributed by atoms with Crippen LogP contribution in [-0.4, -0.2) is 11.4 Å². The van der Waals surface area contributed by atoms with Crippen LogP contribution in [0.2, 0.25) is 0 Å². The SMILES string of the molecule is CSC(N)=NCc1ccc(C)cc1. The summed E-state index contributed by atoms with van der Waals surface area (Å²) in [5.41, 5.74) is 8.03. The molecule has 0 saturated carbocycles. The van der Waals surface area contributed by atoms with Crippen molar-refractivity contribution in [3.63, 3.8) is 0 Å². The molecule has 0 atom stereocenters. The summed E-state index contributed by atoms with van der Waals surface area (Å²) in [5.74, 6) is 0. The predicted octanol–water partition coefficient (Wildman–Crippen LogP) is 2.17. The van der Waals surface area contributed by atoms with Crippen LogP contribution in [-0.2, 0) is 6.54 Å². The first-order valence-corrected chi connectivity index (χ1v) is 5.34. The number of aryl methyl sites for hydroxylation is 1. The normalized spacial score (nSPS) is 11.7. The summed E-state index contributed by atoms with van der Waals surface area (Å²) in [6, 6.07) is 8.32. The van der Waals surface area contributed by atoms with Crippen LogP contribution in [0.4, 0.5) is 0 Å². The third-order valence-electron chi connectivity index (χ3n) is 1.75. The van der Waals surface area contributed by atoms with E-state index in [0.29, 0.717) is 11.7 Å². The standard InChI is InChI=1S/C10H14N2S/c1-8-3-5-9(6-4-8)7-12-10(11)13-2/h3-6H,7H2,1-2H3,(H2,11,12). The van der Waals surface area contributed by atoms with E-state index in [-0.39, 0.29) is 0 Å². The largest absolute Gasteiger partial charge is 0.379 e. The minimum absolute atomic E-state index is 0.639. The zero-order valence-electron chi connectivity index (χ0n) is 7.95. The number of hydrogen-bond donors (Lipinski definition) is 1. The molecule has 0 radical (unpaired) electrons. The molecule has 0 bridgehead atoms. The summed E-state index contributed by atoms with van der Waals surface area (Å²) in [6.45, 7) is 2.75. The Hall–Kier alpha value is -0.960. The minimum atomic E-state index is 0.639. The van der Waals surface area contributed by atoms with Gasteiger partial charge in [0.25, 0.3) is 0 Å². The van der Waals surface area contributed by atoms with Gasteiger partial charge in [0.15, 0.2) is 5.17 Å². The number of amidine groups is 1. The zero-order valence-corrected chi connectivity index (χ0v) is 8.77. The van der Waals surface area contributed by atoms with Crippen LogP contribution in [0, 0.1) is 6.92 Å². The van der Waals surface area contributed by atoms with E-state index in [2.05, 4.69) is 36.2 Å². The van der Waals surface area contributed by atoms with Crippen molar-refractivity contribution in [3.05, 3.63) is 35.4 Å². The quantitative estimate of drug-likeness (QED) is 0.579. The number of hydrogen-bond acceptors (Lipinski definition) is 2. The van der Waals surface area contributed by atoms with E-state index in [9.17, 15) is 0 Å². The van der Waals surface area contributed by atoms with E-state index in [0.717, 1.165) is 0 Å². The van der Waals surface area contributed by atoms with Crippen molar-refractivity contribution in [2.24, 2.45) is 10.7 Å². The first-order valence-electron chi connectivity index (χ1n) is 4.12. The number of nitrogens with zero attached hydrogens (tertiary/aromatic N) is 1. The number of nitrogens with two attached hydrogens (primary N) is 1. The summed E-state index contributed by atoms with van der Waals surface area (Å²) in [4.78, 5) is 4.20. The van der Waals surface area contributed by atoms with E-state index in [1.807, 2.05) is 6.26 Å². The Morgan fingerprint density at radius 2 is 2.00 bits per heavy atom. The Labute approximate surface area is 83.2 Å². The Balaban J connectivity index is 2.60. The molecule has 0 heterocycles. The van der Waals surface area contributed by atoms with Gasteiger partial charge in [-0.15, -0.1) is 0 Å². The lowest BCUT2D eigenvalue weighted by atomic mass is 10.1. The zero-order chi connectivity index (χ0) is 9.68. The Morgan fingerprint density at radius 3 is 2.54 bits per heavy atom. The lowest BCUT2D eigenvalue weighted by Gasteiger charge is -1.98. The fourth-order valence-electron chi connectivity index (χ4n) is 0.927. The van der Waals surface area contributed by atoms with E-state index in [1.54, 1.807) is 0 Å². The van der Waals surface area contributed by atoms with Crippen molar-refractivity contribution in [1.82, 2.24) is 0 Å². The number of rotatable bonds is 2. The molecule has 0 unspecified atom stereocenters. The van der Waals surface area contributed by atoms with Crippen molar-refractivity contribution in [2.75, 3.05) is 6.26 Å². The molecule has 0 aliphatic heterocycles. The molecule has 0 amide bonds. The molecule has 0 fully saturated rings. The van der Waals surface area contributed by atoms with Crippen molar-refractivity contribution in [2.45, 2.75) is 13.5 Å². The molecular weight excluding hydrogens is 180 g/mol. The molecule has 70 valence electrons. The molecule has 0 spiro atoms. The molecule has 2 nitrogen and oxygen atoms in total. The fourth-order valence-corrected chi connectivity index (χ4v) is 1.12. The van der Waals surface area contributed by atoms with E-state index in [4.69, 9.17) is 5.73 Å². The minimum Gasteiger partial charge on any atom is -0.379 e. The highest BCUT2D eigenvalue weighted by Gasteiger charge is 1.91. The third-order valence-corrected chi connectivity index (χ3v) is 2.29. The first-order chi connectivity index (χ1) is 6.22. The molecule has 0 aromatic heterocycles. The summed E-state index contributed by atoms with van der Waals surface area (Å²) in [7, 11) is 0. The van der Waals surface area contributed by atoms with Gasteiger partial charge >= 0.3 is 0 Å². The van der Waals surface area contributed by atoms with Gasteiger partial charge in [0, 0.05) is 0 Å². The topological polar surface area (TPSA) is 38.4 Å². The molecule has 1 aromatic carbocycles. The van der Waals surface area contributed by atoms with Gasteiger partial charge in [-0.1, -0.05) is 41.6 Å². The predicted molar refractivity (Wildman–Crippen MR) is 60.0 cm³/mol. The molecule has 1 aromatic rings. The molecule has 13 heavy (non-hydrogen) atoms. The van der Waals surface area contributed by atoms with Crippen molar-refractivity contribution < 1.29 is 0 Å². The number of aliphatic imine (C=N–C) groups is 1. The molecule has 0 aliphatic rings. The first kappa shape index (κ1) is 10.1. The van der Waals surface area contributed by atoms with Crippen LogP contribution in [0.25, 0.3) is 0 Å². The molecule has 0 saturated heterocycles. The van der Waals surface area contributed by atoms with Crippen LogP contribution in [0.1, 0.15) is 11.1 Å². The van der Waals surface area contributed by atoms with Gasteiger partial charge in [-0.05, 0) is 18.7 Å². The second-order valence-corrected chi connectivity index (χ2v) is 3.67. The van der Waals surface area contributed by atoms with Gasteiger partial charge in [-0.2, -0.15) is 0 Å². The van der Waals surface area contributed by atoms with Crippen LogP contribution >= 0.6 is 11.8 Å². The van der Waals surface area contributed by atoms with Gasteiger partial charge in [-0.3, -0.25) is 4.99 Å². The smallest absolute Gasteiger partial charge is 0.153 e. The maximum absolute atomic E-state index is 5.56. The monoisotopic (exact) mass is 194 g/mol. The molecule has 0 aliphatic carbocycles. The lowest BCUT2D eigenvalue weighted by molar-refractivity contribution is 1.07. The third kappa shape index (κ3) is 3.51. The van der Waals surface area contributed by atoms with Crippen LogP contribution < -0.4 is 5.73 Å². The second kappa shape index (κ2) is 4.92. The molecule has 2 N–H and O–H groups in total. The maximum atomic E-state index is 5.56. The van der Waals surface area contributed by atoms with Crippen molar-refractivity contribution in [3.8, 4) is 0 Å². The average Bonchev–Trinajstić information content (AvgIpc) is 2.16.